The number of hydrogen-bond donors (Lipinski definition) is 1. The van der Waals surface area contributed by atoms with E-state index in [9.17, 15) is 5.11 Å². The van der Waals surface area contributed by atoms with Crippen molar-refractivity contribution in [1.29, 1.82) is 0 Å². The fourth-order valence-electron chi connectivity index (χ4n) is 7.13. The summed E-state index contributed by atoms with van der Waals surface area (Å²) < 4.78 is 25.9. The van der Waals surface area contributed by atoms with Crippen molar-refractivity contribution in [2.24, 2.45) is 16.7 Å². The lowest BCUT2D eigenvalue weighted by atomic mass is 9.44. The molecule has 2 heterocycles. The Labute approximate surface area is 175 Å². The minimum absolute atomic E-state index is 0.0208. The van der Waals surface area contributed by atoms with Crippen molar-refractivity contribution in [1.82, 2.24) is 0 Å². The van der Waals surface area contributed by atoms with Crippen molar-refractivity contribution in [3.63, 3.8) is 0 Å². The highest BCUT2D eigenvalue weighted by Gasteiger charge is 2.73. The van der Waals surface area contributed by atoms with Crippen LogP contribution in [-0.2, 0) is 18.9 Å². The lowest BCUT2D eigenvalue weighted by Crippen LogP contribution is -2.71. The van der Waals surface area contributed by atoms with E-state index in [1.807, 2.05) is 26.8 Å². The molecule has 0 spiro atoms. The number of methoxy groups -OCH3 is 1. The zero-order valence-corrected chi connectivity index (χ0v) is 19.3. The standard InChI is InChI=1S/C24H38O5/c1-10-22(6)13-14(26-9)17-23(7)15(25)11-12-20(2,3)18(23)16-19(24(17,8)29-22)28-21(4,5)27-16/h10,15-16,18-19,25H,1,11-13H2,2-9H3/t15-,16-,18-,19-,22-,23+,24-/m0/s1. The molecular weight excluding hydrogens is 368 g/mol. The third-order valence-corrected chi connectivity index (χ3v) is 8.19. The van der Waals surface area contributed by atoms with Crippen molar-refractivity contribution < 1.29 is 24.1 Å². The van der Waals surface area contributed by atoms with Gasteiger partial charge in [-0.2, -0.15) is 0 Å². The average molecular weight is 407 g/mol. The quantitative estimate of drug-likeness (QED) is 0.691. The summed E-state index contributed by atoms with van der Waals surface area (Å²) in [5.74, 6) is 0.249. The Morgan fingerprint density at radius 3 is 2.34 bits per heavy atom. The highest BCUT2D eigenvalue weighted by molar-refractivity contribution is 5.42. The highest BCUT2D eigenvalue weighted by atomic mass is 16.8. The van der Waals surface area contributed by atoms with Crippen LogP contribution in [0.1, 0.15) is 67.7 Å². The number of ether oxygens (including phenoxy) is 4. The molecule has 0 amide bonds. The van der Waals surface area contributed by atoms with E-state index in [0.29, 0.717) is 6.42 Å². The molecule has 164 valence electrons. The Morgan fingerprint density at radius 2 is 1.76 bits per heavy atom. The first-order valence-corrected chi connectivity index (χ1v) is 10.9. The van der Waals surface area contributed by atoms with Gasteiger partial charge in [0.25, 0.3) is 0 Å². The van der Waals surface area contributed by atoms with Gasteiger partial charge in [0.1, 0.15) is 17.5 Å². The lowest BCUT2D eigenvalue weighted by Gasteiger charge is -2.65. The van der Waals surface area contributed by atoms with E-state index >= 15 is 0 Å². The second-order valence-corrected chi connectivity index (χ2v) is 11.2. The molecule has 2 aliphatic heterocycles. The smallest absolute Gasteiger partial charge is 0.163 e. The molecule has 4 rings (SSSR count). The molecule has 0 radical (unpaired) electrons. The molecule has 29 heavy (non-hydrogen) atoms. The van der Waals surface area contributed by atoms with Gasteiger partial charge in [0.2, 0.25) is 0 Å². The predicted molar refractivity (Wildman–Crippen MR) is 111 cm³/mol. The van der Waals surface area contributed by atoms with Crippen LogP contribution in [0.4, 0.5) is 0 Å². The van der Waals surface area contributed by atoms with Crippen molar-refractivity contribution in [2.75, 3.05) is 7.11 Å². The monoisotopic (exact) mass is 406 g/mol. The van der Waals surface area contributed by atoms with Gasteiger partial charge in [-0.3, -0.25) is 0 Å². The second kappa shape index (κ2) is 6.09. The molecular formula is C24H38O5. The molecule has 0 aromatic rings. The van der Waals surface area contributed by atoms with E-state index < -0.39 is 28.5 Å². The number of aliphatic hydroxyl groups excluding tert-OH is 1. The number of fused-ring (bicyclic) bond motifs is 6. The summed E-state index contributed by atoms with van der Waals surface area (Å²) in [4.78, 5) is 0. The molecule has 1 N–H and O–H groups in total. The summed E-state index contributed by atoms with van der Waals surface area (Å²) >= 11 is 0. The number of hydrogen-bond acceptors (Lipinski definition) is 5. The molecule has 5 nitrogen and oxygen atoms in total. The Morgan fingerprint density at radius 1 is 1.10 bits per heavy atom. The van der Waals surface area contributed by atoms with E-state index in [4.69, 9.17) is 18.9 Å². The Kier molecular flexibility index (Phi) is 4.48. The van der Waals surface area contributed by atoms with Gasteiger partial charge in [0.05, 0.1) is 24.9 Å². The van der Waals surface area contributed by atoms with Crippen molar-refractivity contribution in [2.45, 2.75) is 103 Å². The number of aliphatic hydroxyl groups is 1. The first-order valence-electron chi connectivity index (χ1n) is 10.9. The maximum atomic E-state index is 11.4. The van der Waals surface area contributed by atoms with E-state index in [2.05, 4.69) is 34.3 Å². The normalized spacial score (nSPS) is 50.4. The van der Waals surface area contributed by atoms with Crippen LogP contribution in [-0.4, -0.2) is 47.5 Å². The van der Waals surface area contributed by atoms with Gasteiger partial charge in [-0.15, -0.1) is 6.58 Å². The topological polar surface area (TPSA) is 57.2 Å². The molecule has 7 atom stereocenters. The van der Waals surface area contributed by atoms with Crippen LogP contribution >= 0.6 is 0 Å². The molecule has 5 heteroatoms. The van der Waals surface area contributed by atoms with Crippen LogP contribution in [0.25, 0.3) is 0 Å². The van der Waals surface area contributed by atoms with Gasteiger partial charge in [-0.1, -0.05) is 26.8 Å². The van der Waals surface area contributed by atoms with Gasteiger partial charge in [-0.05, 0) is 46.0 Å². The Balaban J connectivity index is 2.02. The molecule has 0 unspecified atom stereocenters. The Bertz CT molecular complexity index is 754. The third kappa shape index (κ3) is 2.73. The third-order valence-electron chi connectivity index (χ3n) is 8.19. The van der Waals surface area contributed by atoms with Gasteiger partial charge in [0.15, 0.2) is 5.79 Å². The first kappa shape index (κ1) is 21.4. The van der Waals surface area contributed by atoms with Gasteiger partial charge in [0, 0.05) is 23.3 Å². The van der Waals surface area contributed by atoms with Crippen LogP contribution < -0.4 is 0 Å². The fraction of sp³-hybridized carbons (Fsp3) is 0.833. The van der Waals surface area contributed by atoms with Gasteiger partial charge < -0.3 is 24.1 Å². The van der Waals surface area contributed by atoms with Gasteiger partial charge in [-0.25, -0.2) is 0 Å². The molecule has 3 fully saturated rings. The molecule has 4 aliphatic rings. The number of rotatable bonds is 2. The van der Waals surface area contributed by atoms with Crippen LogP contribution in [0.15, 0.2) is 24.0 Å². The molecule has 0 bridgehead atoms. The fourth-order valence-corrected chi connectivity index (χ4v) is 7.13. The highest BCUT2D eigenvalue weighted by Crippen LogP contribution is 2.67. The minimum Gasteiger partial charge on any atom is -0.501 e. The second-order valence-electron chi connectivity index (χ2n) is 11.2. The summed E-state index contributed by atoms with van der Waals surface area (Å²) in [6, 6.07) is 0. The van der Waals surface area contributed by atoms with E-state index in [-0.39, 0.29) is 23.5 Å². The van der Waals surface area contributed by atoms with Crippen LogP contribution in [0, 0.1) is 16.7 Å². The summed E-state index contributed by atoms with van der Waals surface area (Å²) in [7, 11) is 1.72. The van der Waals surface area contributed by atoms with E-state index in [1.54, 1.807) is 7.11 Å². The first-order chi connectivity index (χ1) is 13.2. The average Bonchev–Trinajstić information content (AvgIpc) is 2.93. The van der Waals surface area contributed by atoms with Crippen molar-refractivity contribution in [3.8, 4) is 0 Å². The Hall–Kier alpha value is -0.880. The summed E-state index contributed by atoms with van der Waals surface area (Å²) in [6.07, 6.45) is 3.16. The molecule has 1 saturated heterocycles. The largest absolute Gasteiger partial charge is 0.501 e. The SMILES string of the molecule is C=C[C@@]1(C)CC(OC)=C2[C@@]3(C)[C@@H](O)CCC(C)(C)[C@@H]3[C@@H]3OC(C)(C)O[C@@H]3[C@@]2(C)O1. The molecule has 0 aromatic heterocycles. The predicted octanol–water partition coefficient (Wildman–Crippen LogP) is 4.35. The van der Waals surface area contributed by atoms with Crippen molar-refractivity contribution in [3.05, 3.63) is 24.0 Å². The van der Waals surface area contributed by atoms with Crippen molar-refractivity contribution >= 4 is 0 Å². The summed E-state index contributed by atoms with van der Waals surface area (Å²) in [5.41, 5.74) is -0.880. The van der Waals surface area contributed by atoms with E-state index in [1.165, 1.54) is 0 Å². The zero-order valence-electron chi connectivity index (χ0n) is 19.3. The molecule has 2 saturated carbocycles. The zero-order chi connectivity index (χ0) is 21.6. The maximum Gasteiger partial charge on any atom is 0.163 e. The van der Waals surface area contributed by atoms with Crippen LogP contribution in [0.2, 0.25) is 0 Å². The van der Waals surface area contributed by atoms with Crippen LogP contribution in [0.5, 0.6) is 0 Å². The maximum absolute atomic E-state index is 11.4. The van der Waals surface area contributed by atoms with E-state index in [0.717, 1.165) is 24.2 Å². The lowest BCUT2D eigenvalue weighted by molar-refractivity contribution is -0.236. The van der Waals surface area contributed by atoms with Crippen LogP contribution in [0.3, 0.4) is 0 Å². The summed E-state index contributed by atoms with van der Waals surface area (Å²) in [6.45, 7) is 18.8. The molecule has 0 aromatic carbocycles. The van der Waals surface area contributed by atoms with Gasteiger partial charge >= 0.3 is 0 Å². The summed E-state index contributed by atoms with van der Waals surface area (Å²) in [5, 5.41) is 11.4. The minimum atomic E-state index is -0.787. The molecule has 2 aliphatic carbocycles.